The SMILES string of the molecule is CCc1cccc(NC(=O)c2ncn3c2C(=O)N(C2CC2)[C@@](C)(C(=O)NCc2ccc(F)cc2)C3)c1. The van der Waals surface area contributed by atoms with Crippen LogP contribution in [0.2, 0.25) is 0 Å². The third-order valence-corrected chi connectivity index (χ3v) is 6.84. The fraction of sp³-hybridized carbons (Fsp3) is 0.333. The topological polar surface area (TPSA) is 96.3 Å². The summed E-state index contributed by atoms with van der Waals surface area (Å²) in [6, 6.07) is 13.4. The maximum atomic E-state index is 13.7. The molecule has 186 valence electrons. The fourth-order valence-electron chi connectivity index (χ4n) is 4.76. The molecule has 2 heterocycles. The van der Waals surface area contributed by atoms with Crippen molar-refractivity contribution in [1.29, 1.82) is 0 Å². The number of fused-ring (bicyclic) bond motifs is 1. The average Bonchev–Trinajstić information content (AvgIpc) is 3.61. The van der Waals surface area contributed by atoms with Gasteiger partial charge in [-0.25, -0.2) is 9.37 Å². The highest BCUT2D eigenvalue weighted by Crippen LogP contribution is 2.39. The van der Waals surface area contributed by atoms with E-state index in [0.717, 1.165) is 30.4 Å². The quantitative estimate of drug-likeness (QED) is 0.531. The third-order valence-electron chi connectivity index (χ3n) is 6.84. The van der Waals surface area contributed by atoms with E-state index in [9.17, 15) is 18.8 Å². The van der Waals surface area contributed by atoms with Gasteiger partial charge in [0.05, 0.1) is 12.9 Å². The van der Waals surface area contributed by atoms with E-state index in [1.165, 1.54) is 18.5 Å². The van der Waals surface area contributed by atoms with E-state index in [1.807, 2.05) is 25.1 Å². The Bertz CT molecular complexity index is 1330. The van der Waals surface area contributed by atoms with Gasteiger partial charge in [0, 0.05) is 18.3 Å². The Balaban J connectivity index is 1.39. The number of anilines is 1. The zero-order chi connectivity index (χ0) is 25.4. The second kappa shape index (κ2) is 9.22. The Kier molecular flexibility index (Phi) is 6.07. The lowest BCUT2D eigenvalue weighted by molar-refractivity contribution is -0.133. The summed E-state index contributed by atoms with van der Waals surface area (Å²) in [6.07, 6.45) is 3.87. The summed E-state index contributed by atoms with van der Waals surface area (Å²) in [5.74, 6) is -1.51. The number of rotatable bonds is 7. The lowest BCUT2D eigenvalue weighted by Gasteiger charge is -2.44. The van der Waals surface area contributed by atoms with Crippen LogP contribution in [0.25, 0.3) is 0 Å². The van der Waals surface area contributed by atoms with Crippen LogP contribution < -0.4 is 10.6 Å². The van der Waals surface area contributed by atoms with Crippen molar-refractivity contribution < 1.29 is 18.8 Å². The van der Waals surface area contributed by atoms with Crippen LogP contribution in [-0.4, -0.2) is 43.8 Å². The minimum Gasteiger partial charge on any atom is -0.350 e. The van der Waals surface area contributed by atoms with Gasteiger partial charge in [0.25, 0.3) is 11.8 Å². The first kappa shape index (κ1) is 23.7. The van der Waals surface area contributed by atoms with Crippen LogP contribution in [0.15, 0.2) is 54.9 Å². The number of hydrogen-bond donors (Lipinski definition) is 2. The van der Waals surface area contributed by atoms with Gasteiger partial charge in [0.1, 0.15) is 17.1 Å². The largest absolute Gasteiger partial charge is 0.350 e. The first-order valence-electron chi connectivity index (χ1n) is 12.1. The number of imidazole rings is 1. The highest BCUT2D eigenvalue weighted by molar-refractivity contribution is 6.11. The molecule has 1 aliphatic heterocycles. The molecule has 1 saturated carbocycles. The molecule has 3 amide bonds. The summed E-state index contributed by atoms with van der Waals surface area (Å²) in [7, 11) is 0. The lowest BCUT2D eigenvalue weighted by atomic mass is 9.93. The minimum atomic E-state index is -1.16. The molecule has 0 saturated heterocycles. The van der Waals surface area contributed by atoms with Crippen LogP contribution in [0.5, 0.6) is 0 Å². The van der Waals surface area contributed by atoms with Gasteiger partial charge in [-0.2, -0.15) is 0 Å². The van der Waals surface area contributed by atoms with Crippen molar-refractivity contribution in [1.82, 2.24) is 19.8 Å². The number of nitrogens with zero attached hydrogens (tertiary/aromatic N) is 3. The second-order valence-corrected chi connectivity index (χ2v) is 9.57. The Morgan fingerprint density at radius 1 is 1.14 bits per heavy atom. The molecule has 36 heavy (non-hydrogen) atoms. The van der Waals surface area contributed by atoms with Crippen LogP contribution in [-0.2, 0) is 24.3 Å². The van der Waals surface area contributed by atoms with Gasteiger partial charge in [-0.15, -0.1) is 0 Å². The number of benzene rings is 2. The van der Waals surface area contributed by atoms with Gasteiger partial charge in [0.2, 0.25) is 5.91 Å². The minimum absolute atomic E-state index is 0.0429. The normalized spacial score (nSPS) is 19.1. The molecule has 9 heteroatoms. The van der Waals surface area contributed by atoms with E-state index < -0.39 is 11.4 Å². The first-order chi connectivity index (χ1) is 17.3. The average molecular weight is 490 g/mol. The summed E-state index contributed by atoms with van der Waals surface area (Å²) in [5.41, 5.74) is 1.54. The van der Waals surface area contributed by atoms with Crippen molar-refractivity contribution >= 4 is 23.4 Å². The molecular formula is C27H28FN5O3. The van der Waals surface area contributed by atoms with Crippen molar-refractivity contribution in [2.45, 2.75) is 57.8 Å². The standard InChI is InChI=1S/C27H28FN5O3/c1-3-17-5-4-6-20(13-17)31-24(34)22-23-25(35)33(21-11-12-21)27(2,15-32(23)16-30-22)26(36)29-14-18-7-9-19(28)10-8-18/h4-10,13,16,21H,3,11-12,14-15H2,1-2H3,(H,29,36)(H,31,34)/t27-/m1/s1. The zero-order valence-corrected chi connectivity index (χ0v) is 20.3. The Morgan fingerprint density at radius 3 is 2.58 bits per heavy atom. The lowest BCUT2D eigenvalue weighted by Crippen LogP contribution is -2.64. The van der Waals surface area contributed by atoms with E-state index in [-0.39, 0.29) is 48.2 Å². The van der Waals surface area contributed by atoms with E-state index in [1.54, 1.807) is 34.6 Å². The Morgan fingerprint density at radius 2 is 1.89 bits per heavy atom. The molecule has 1 fully saturated rings. The van der Waals surface area contributed by atoms with Crippen LogP contribution in [0, 0.1) is 5.82 Å². The third kappa shape index (κ3) is 4.36. The van der Waals surface area contributed by atoms with Crippen LogP contribution in [0.3, 0.4) is 0 Å². The molecule has 2 aromatic carbocycles. The van der Waals surface area contributed by atoms with E-state index >= 15 is 0 Å². The number of aromatic nitrogens is 2. The summed E-state index contributed by atoms with van der Waals surface area (Å²) in [5, 5.41) is 5.74. The van der Waals surface area contributed by atoms with Gasteiger partial charge in [0.15, 0.2) is 5.69 Å². The molecule has 3 aromatic rings. The molecule has 0 bridgehead atoms. The van der Waals surface area contributed by atoms with Gasteiger partial charge < -0.3 is 20.1 Å². The summed E-state index contributed by atoms with van der Waals surface area (Å²) in [6.45, 7) is 4.15. The van der Waals surface area contributed by atoms with Crippen molar-refractivity contribution in [3.8, 4) is 0 Å². The van der Waals surface area contributed by atoms with Crippen molar-refractivity contribution in [2.75, 3.05) is 5.32 Å². The molecule has 1 atom stereocenters. The highest BCUT2D eigenvalue weighted by atomic mass is 19.1. The van der Waals surface area contributed by atoms with Gasteiger partial charge in [-0.1, -0.05) is 31.2 Å². The summed E-state index contributed by atoms with van der Waals surface area (Å²) >= 11 is 0. The highest BCUT2D eigenvalue weighted by Gasteiger charge is 2.53. The molecule has 0 spiro atoms. The molecule has 2 aliphatic rings. The molecule has 0 unspecified atom stereocenters. The Labute approximate surface area is 208 Å². The molecular weight excluding hydrogens is 461 g/mol. The number of amides is 3. The molecule has 5 rings (SSSR count). The summed E-state index contributed by atoms with van der Waals surface area (Å²) < 4.78 is 14.8. The van der Waals surface area contributed by atoms with Crippen LogP contribution in [0.1, 0.15) is 58.8 Å². The second-order valence-electron chi connectivity index (χ2n) is 9.57. The van der Waals surface area contributed by atoms with Gasteiger partial charge >= 0.3 is 0 Å². The molecule has 1 aliphatic carbocycles. The smallest absolute Gasteiger partial charge is 0.276 e. The van der Waals surface area contributed by atoms with E-state index in [0.29, 0.717) is 5.69 Å². The van der Waals surface area contributed by atoms with Crippen LogP contribution in [0.4, 0.5) is 10.1 Å². The molecule has 1 aromatic heterocycles. The maximum absolute atomic E-state index is 13.7. The number of nitrogens with one attached hydrogen (secondary N) is 2. The van der Waals surface area contributed by atoms with Gasteiger partial charge in [-0.3, -0.25) is 14.4 Å². The van der Waals surface area contributed by atoms with Crippen LogP contribution >= 0.6 is 0 Å². The van der Waals surface area contributed by atoms with Crippen molar-refractivity contribution in [3.63, 3.8) is 0 Å². The molecule has 8 nitrogen and oxygen atoms in total. The number of carbonyl (C=O) groups excluding carboxylic acids is 3. The predicted octanol–water partition coefficient (Wildman–Crippen LogP) is 3.53. The fourth-order valence-corrected chi connectivity index (χ4v) is 4.76. The van der Waals surface area contributed by atoms with E-state index in [2.05, 4.69) is 15.6 Å². The van der Waals surface area contributed by atoms with Gasteiger partial charge in [-0.05, 0) is 61.6 Å². The predicted molar refractivity (Wildman–Crippen MR) is 132 cm³/mol. The monoisotopic (exact) mass is 489 g/mol. The number of halogens is 1. The maximum Gasteiger partial charge on any atom is 0.276 e. The van der Waals surface area contributed by atoms with E-state index in [4.69, 9.17) is 0 Å². The number of hydrogen-bond acceptors (Lipinski definition) is 4. The van der Waals surface area contributed by atoms with Crippen molar-refractivity contribution in [2.24, 2.45) is 0 Å². The molecule has 0 radical (unpaired) electrons. The molecule has 2 N–H and O–H groups in total. The van der Waals surface area contributed by atoms with Crippen molar-refractivity contribution in [3.05, 3.63) is 83.2 Å². The Hall–Kier alpha value is -4.01. The number of carbonyl (C=O) groups is 3. The number of aryl methyl sites for hydroxylation is 1. The summed E-state index contributed by atoms with van der Waals surface area (Å²) in [4.78, 5) is 46.1. The zero-order valence-electron chi connectivity index (χ0n) is 20.3. The first-order valence-corrected chi connectivity index (χ1v) is 12.1.